The Hall–Kier alpha value is -2.14. The van der Waals surface area contributed by atoms with Crippen LogP contribution in [0.4, 0.5) is 0 Å². The first-order valence-corrected chi connectivity index (χ1v) is 7.24. The van der Waals surface area contributed by atoms with Gasteiger partial charge in [0.05, 0.1) is 22.8 Å². The summed E-state index contributed by atoms with van der Waals surface area (Å²) in [5, 5.41) is 4.93. The quantitative estimate of drug-likeness (QED) is 0.776. The molecule has 3 rings (SSSR count). The lowest BCUT2D eigenvalue weighted by atomic mass is 10.1. The lowest BCUT2D eigenvalue weighted by molar-refractivity contribution is 0.0953. The minimum absolute atomic E-state index is 0.0621. The average Bonchev–Trinajstić information content (AvgIpc) is 2.99. The lowest BCUT2D eigenvalue weighted by Crippen LogP contribution is -2.22. The van der Waals surface area contributed by atoms with Gasteiger partial charge in [-0.15, -0.1) is 11.3 Å². The van der Waals surface area contributed by atoms with Gasteiger partial charge in [-0.05, 0) is 19.9 Å². The summed E-state index contributed by atoms with van der Waals surface area (Å²) >= 11 is 1.62. The highest BCUT2D eigenvalue weighted by molar-refractivity contribution is 7.11. The molecule has 102 valence electrons. The van der Waals surface area contributed by atoms with Gasteiger partial charge in [0.25, 0.3) is 5.91 Å². The number of aromatic amines is 1. The lowest BCUT2D eigenvalue weighted by Gasteiger charge is -2.03. The van der Waals surface area contributed by atoms with Crippen LogP contribution in [-0.4, -0.2) is 15.9 Å². The number of hydrogen-bond donors (Lipinski definition) is 2. The fraction of sp³-hybridized carbons (Fsp3) is 0.200. The number of carbonyl (C=O) groups excluding carboxylic acids is 1. The molecule has 20 heavy (non-hydrogen) atoms. The van der Waals surface area contributed by atoms with Crippen molar-refractivity contribution in [2.75, 3.05) is 0 Å². The smallest absolute Gasteiger partial charge is 0.253 e. The third-order valence-electron chi connectivity index (χ3n) is 3.24. The van der Waals surface area contributed by atoms with Crippen LogP contribution >= 0.6 is 11.3 Å². The van der Waals surface area contributed by atoms with E-state index in [1.807, 2.05) is 38.1 Å². The van der Waals surface area contributed by atoms with E-state index in [-0.39, 0.29) is 5.91 Å². The van der Waals surface area contributed by atoms with Crippen LogP contribution < -0.4 is 5.32 Å². The summed E-state index contributed by atoms with van der Waals surface area (Å²) < 4.78 is 0. The van der Waals surface area contributed by atoms with E-state index in [1.165, 1.54) is 0 Å². The molecule has 0 atom stereocenters. The van der Waals surface area contributed by atoms with Gasteiger partial charge in [-0.2, -0.15) is 0 Å². The highest BCUT2D eigenvalue weighted by atomic mass is 32.1. The van der Waals surface area contributed by atoms with Crippen LogP contribution in [0.25, 0.3) is 10.9 Å². The monoisotopic (exact) mass is 285 g/mol. The molecular weight excluding hydrogens is 270 g/mol. The second-order valence-corrected chi connectivity index (χ2v) is 5.96. The first-order chi connectivity index (χ1) is 9.65. The fourth-order valence-electron chi connectivity index (χ4n) is 2.25. The van der Waals surface area contributed by atoms with Crippen molar-refractivity contribution < 1.29 is 4.79 Å². The second-order valence-electron chi connectivity index (χ2n) is 4.67. The molecule has 0 radical (unpaired) electrons. The Kier molecular flexibility index (Phi) is 3.28. The van der Waals surface area contributed by atoms with Gasteiger partial charge < -0.3 is 10.3 Å². The van der Waals surface area contributed by atoms with E-state index < -0.39 is 0 Å². The molecular formula is C15H15N3OS. The van der Waals surface area contributed by atoms with Crippen molar-refractivity contribution in [3.8, 4) is 0 Å². The molecule has 2 heterocycles. The third-order valence-corrected chi connectivity index (χ3v) is 4.32. The molecule has 0 aliphatic rings. The molecule has 2 aromatic heterocycles. The highest BCUT2D eigenvalue weighted by Gasteiger charge is 2.12. The minimum Gasteiger partial charge on any atom is -0.360 e. The largest absolute Gasteiger partial charge is 0.360 e. The maximum atomic E-state index is 12.3. The van der Waals surface area contributed by atoms with Crippen molar-refractivity contribution in [1.29, 1.82) is 0 Å². The van der Waals surface area contributed by atoms with Crippen molar-refractivity contribution in [3.05, 3.63) is 51.6 Å². The molecule has 0 fully saturated rings. The number of thiazole rings is 1. The van der Waals surface area contributed by atoms with Crippen LogP contribution in [0.2, 0.25) is 0 Å². The molecule has 0 saturated heterocycles. The van der Waals surface area contributed by atoms with E-state index in [0.717, 1.165) is 26.5 Å². The van der Waals surface area contributed by atoms with Crippen LogP contribution in [0, 0.1) is 13.8 Å². The number of nitrogens with one attached hydrogen (secondary N) is 2. The number of H-pyrrole nitrogens is 1. The number of aromatic nitrogens is 2. The van der Waals surface area contributed by atoms with Crippen molar-refractivity contribution in [1.82, 2.24) is 15.3 Å². The summed E-state index contributed by atoms with van der Waals surface area (Å²) in [7, 11) is 0. The highest BCUT2D eigenvalue weighted by Crippen LogP contribution is 2.19. The standard InChI is InChI=1S/C15H15N3OS/c1-9-14(20-10(2)18-9)8-17-15(19)12-7-16-13-6-4-3-5-11(12)13/h3-7,16H,8H2,1-2H3,(H,17,19). The number of aryl methyl sites for hydroxylation is 2. The summed E-state index contributed by atoms with van der Waals surface area (Å²) in [6.45, 7) is 4.47. The average molecular weight is 285 g/mol. The zero-order valence-electron chi connectivity index (χ0n) is 11.4. The summed E-state index contributed by atoms with van der Waals surface area (Å²) in [4.78, 5) is 20.8. The molecule has 4 nitrogen and oxygen atoms in total. The predicted octanol–water partition coefficient (Wildman–Crippen LogP) is 3.17. The number of amides is 1. The second kappa shape index (κ2) is 5.09. The van der Waals surface area contributed by atoms with Gasteiger partial charge in [0.1, 0.15) is 0 Å². The number of para-hydroxylation sites is 1. The number of hydrogen-bond acceptors (Lipinski definition) is 3. The van der Waals surface area contributed by atoms with Gasteiger partial charge in [0, 0.05) is 22.0 Å². The van der Waals surface area contributed by atoms with E-state index in [2.05, 4.69) is 15.3 Å². The topological polar surface area (TPSA) is 57.8 Å². The van der Waals surface area contributed by atoms with E-state index in [9.17, 15) is 4.79 Å². The Morgan fingerprint density at radius 3 is 2.90 bits per heavy atom. The first-order valence-electron chi connectivity index (χ1n) is 6.42. The van der Waals surface area contributed by atoms with Crippen LogP contribution in [0.15, 0.2) is 30.5 Å². The van der Waals surface area contributed by atoms with Crippen molar-refractivity contribution in [3.63, 3.8) is 0 Å². The molecule has 0 aliphatic carbocycles. The van der Waals surface area contributed by atoms with E-state index >= 15 is 0 Å². The van der Waals surface area contributed by atoms with Crippen molar-refractivity contribution in [2.24, 2.45) is 0 Å². The number of benzene rings is 1. The Labute approximate surface area is 120 Å². The summed E-state index contributed by atoms with van der Waals surface area (Å²) in [5.74, 6) is -0.0621. The zero-order valence-corrected chi connectivity index (χ0v) is 12.2. The molecule has 0 saturated carbocycles. The third kappa shape index (κ3) is 2.32. The maximum Gasteiger partial charge on any atom is 0.253 e. The molecule has 0 unspecified atom stereocenters. The Morgan fingerprint density at radius 1 is 1.35 bits per heavy atom. The number of carbonyl (C=O) groups is 1. The van der Waals surface area contributed by atoms with Gasteiger partial charge in [-0.25, -0.2) is 4.98 Å². The van der Waals surface area contributed by atoms with E-state index in [1.54, 1.807) is 17.5 Å². The Balaban J connectivity index is 1.78. The Morgan fingerprint density at radius 2 is 2.15 bits per heavy atom. The molecule has 5 heteroatoms. The maximum absolute atomic E-state index is 12.3. The molecule has 0 bridgehead atoms. The number of fused-ring (bicyclic) bond motifs is 1. The molecule has 3 aromatic rings. The molecule has 1 amide bonds. The van der Waals surface area contributed by atoms with Gasteiger partial charge in [0.15, 0.2) is 0 Å². The van der Waals surface area contributed by atoms with Gasteiger partial charge in [0.2, 0.25) is 0 Å². The predicted molar refractivity (Wildman–Crippen MR) is 81.1 cm³/mol. The van der Waals surface area contributed by atoms with Gasteiger partial charge in [-0.1, -0.05) is 18.2 Å². The molecule has 0 aliphatic heterocycles. The molecule has 1 aromatic carbocycles. The number of nitrogens with zero attached hydrogens (tertiary/aromatic N) is 1. The molecule has 0 spiro atoms. The normalized spacial score (nSPS) is 10.9. The first kappa shape index (κ1) is 12.9. The Bertz CT molecular complexity index is 772. The zero-order chi connectivity index (χ0) is 14.1. The minimum atomic E-state index is -0.0621. The van der Waals surface area contributed by atoms with Crippen molar-refractivity contribution >= 4 is 28.1 Å². The summed E-state index contributed by atoms with van der Waals surface area (Å²) in [6.07, 6.45) is 1.75. The van der Waals surface area contributed by atoms with Crippen molar-refractivity contribution in [2.45, 2.75) is 20.4 Å². The van der Waals surface area contributed by atoms with Crippen LogP contribution in [0.1, 0.15) is 25.9 Å². The SMILES string of the molecule is Cc1nc(C)c(CNC(=O)c2c[nH]c3ccccc23)s1. The summed E-state index contributed by atoms with van der Waals surface area (Å²) in [6, 6.07) is 7.79. The number of rotatable bonds is 3. The van der Waals surface area contributed by atoms with Crippen LogP contribution in [0.5, 0.6) is 0 Å². The molecule has 2 N–H and O–H groups in total. The summed E-state index contributed by atoms with van der Waals surface area (Å²) in [5.41, 5.74) is 2.65. The van der Waals surface area contributed by atoms with Crippen LogP contribution in [0.3, 0.4) is 0 Å². The fourth-order valence-corrected chi connectivity index (χ4v) is 3.13. The van der Waals surface area contributed by atoms with Gasteiger partial charge in [-0.3, -0.25) is 4.79 Å². The van der Waals surface area contributed by atoms with Gasteiger partial charge >= 0.3 is 0 Å². The van der Waals surface area contributed by atoms with E-state index in [0.29, 0.717) is 12.1 Å². The van der Waals surface area contributed by atoms with E-state index in [4.69, 9.17) is 0 Å². The van der Waals surface area contributed by atoms with Crippen LogP contribution in [-0.2, 0) is 6.54 Å².